The summed E-state index contributed by atoms with van der Waals surface area (Å²) in [5.74, 6) is -0.651. The molecular weight excluding hydrogens is 279 g/mol. The third-order valence-electron chi connectivity index (χ3n) is 2.75. The number of aryl methyl sites for hydroxylation is 1. The maximum Gasteiger partial charge on any atom is 0.261 e. The Bertz CT molecular complexity index is 795. The summed E-state index contributed by atoms with van der Waals surface area (Å²) in [5.41, 5.74) is 0.827. The van der Waals surface area contributed by atoms with Gasteiger partial charge < -0.3 is 0 Å². The number of anilines is 1. The predicted molar refractivity (Wildman–Crippen MR) is 73.1 cm³/mol. The number of para-hydroxylation sites is 1. The minimum absolute atomic E-state index is 0.0164. The first-order chi connectivity index (χ1) is 9.44. The maximum atomic E-state index is 13.5. The normalized spacial score (nSPS) is 10.8. The highest BCUT2D eigenvalue weighted by Crippen LogP contribution is 2.20. The molecule has 0 spiro atoms. The Labute approximate surface area is 116 Å². The second kappa shape index (κ2) is 5.31. The number of hydrogen-bond acceptors (Lipinski definition) is 3. The van der Waals surface area contributed by atoms with E-state index in [0.29, 0.717) is 11.1 Å². The Hall–Kier alpha value is -2.39. The summed E-state index contributed by atoms with van der Waals surface area (Å²) in [6.07, 6.45) is 0. The summed E-state index contributed by atoms with van der Waals surface area (Å²) in [5, 5.41) is 8.82. The molecule has 2 aromatic carbocycles. The van der Waals surface area contributed by atoms with Crippen molar-refractivity contribution in [3.63, 3.8) is 0 Å². The lowest BCUT2D eigenvalue weighted by molar-refractivity contribution is 0.598. The number of benzene rings is 2. The number of nitriles is 1. The van der Waals surface area contributed by atoms with Gasteiger partial charge >= 0.3 is 0 Å². The molecule has 0 aliphatic heterocycles. The van der Waals surface area contributed by atoms with Crippen LogP contribution in [0.5, 0.6) is 0 Å². The van der Waals surface area contributed by atoms with Gasteiger partial charge in [0.1, 0.15) is 5.82 Å². The van der Waals surface area contributed by atoms with Crippen LogP contribution in [0.15, 0.2) is 47.4 Å². The SMILES string of the molecule is Cc1cc(S(=O)(=O)Nc2ccccc2F)ccc1C#N. The second-order valence-corrected chi connectivity index (χ2v) is 5.86. The number of rotatable bonds is 3. The van der Waals surface area contributed by atoms with Crippen molar-refractivity contribution in [2.45, 2.75) is 11.8 Å². The summed E-state index contributed by atoms with van der Waals surface area (Å²) in [6, 6.07) is 11.6. The van der Waals surface area contributed by atoms with E-state index in [9.17, 15) is 12.8 Å². The zero-order valence-corrected chi connectivity index (χ0v) is 11.4. The van der Waals surface area contributed by atoms with Gasteiger partial charge in [-0.3, -0.25) is 4.72 Å². The van der Waals surface area contributed by atoms with Gasteiger partial charge in [-0.2, -0.15) is 5.26 Å². The van der Waals surface area contributed by atoms with Crippen molar-refractivity contribution in [1.82, 2.24) is 0 Å². The number of nitrogens with one attached hydrogen (secondary N) is 1. The number of hydrogen-bond donors (Lipinski definition) is 1. The van der Waals surface area contributed by atoms with Gasteiger partial charge in [0, 0.05) is 0 Å². The molecule has 4 nitrogen and oxygen atoms in total. The molecule has 1 N–H and O–H groups in total. The molecule has 0 aliphatic rings. The van der Waals surface area contributed by atoms with Crippen LogP contribution in [0.3, 0.4) is 0 Å². The number of nitrogens with zero attached hydrogens (tertiary/aromatic N) is 1. The van der Waals surface area contributed by atoms with E-state index in [1.165, 1.54) is 42.5 Å². The fourth-order valence-corrected chi connectivity index (χ4v) is 2.83. The fourth-order valence-electron chi connectivity index (χ4n) is 1.68. The van der Waals surface area contributed by atoms with Gasteiger partial charge in [0.2, 0.25) is 0 Å². The van der Waals surface area contributed by atoms with Crippen LogP contribution >= 0.6 is 0 Å². The van der Waals surface area contributed by atoms with Crippen molar-refractivity contribution >= 4 is 15.7 Å². The van der Waals surface area contributed by atoms with Crippen LogP contribution in [0.4, 0.5) is 10.1 Å². The van der Waals surface area contributed by atoms with Gasteiger partial charge in [0.05, 0.1) is 22.2 Å². The maximum absolute atomic E-state index is 13.5. The molecule has 6 heteroatoms. The van der Waals surface area contributed by atoms with Crippen molar-refractivity contribution in [3.05, 3.63) is 59.4 Å². The van der Waals surface area contributed by atoms with Crippen LogP contribution in [0, 0.1) is 24.1 Å². The van der Waals surface area contributed by atoms with E-state index < -0.39 is 15.8 Å². The van der Waals surface area contributed by atoms with Crippen molar-refractivity contribution in [1.29, 1.82) is 5.26 Å². The molecule has 0 radical (unpaired) electrons. The molecule has 0 aliphatic carbocycles. The second-order valence-electron chi connectivity index (χ2n) is 4.17. The molecule has 0 aromatic heterocycles. The molecule has 0 unspecified atom stereocenters. The van der Waals surface area contributed by atoms with Gasteiger partial charge in [0.25, 0.3) is 10.0 Å². The van der Waals surface area contributed by atoms with Crippen LogP contribution in [0.1, 0.15) is 11.1 Å². The number of sulfonamides is 1. The molecule has 2 rings (SSSR count). The van der Waals surface area contributed by atoms with Gasteiger partial charge in [-0.1, -0.05) is 12.1 Å². The molecule has 0 saturated heterocycles. The molecule has 102 valence electrons. The predicted octanol–water partition coefficient (Wildman–Crippen LogP) is 2.81. The Morgan fingerprint density at radius 3 is 2.50 bits per heavy atom. The van der Waals surface area contributed by atoms with E-state index in [2.05, 4.69) is 4.72 Å². The Balaban J connectivity index is 2.39. The van der Waals surface area contributed by atoms with Crippen molar-refractivity contribution in [2.75, 3.05) is 4.72 Å². The van der Waals surface area contributed by atoms with Crippen molar-refractivity contribution < 1.29 is 12.8 Å². The van der Waals surface area contributed by atoms with Crippen LogP contribution < -0.4 is 4.72 Å². The number of halogens is 1. The minimum Gasteiger partial charge on any atom is -0.277 e. The Kier molecular flexibility index (Phi) is 3.72. The average molecular weight is 290 g/mol. The monoisotopic (exact) mass is 290 g/mol. The van der Waals surface area contributed by atoms with Gasteiger partial charge in [-0.15, -0.1) is 0 Å². The van der Waals surface area contributed by atoms with E-state index in [-0.39, 0.29) is 10.6 Å². The topological polar surface area (TPSA) is 70.0 Å². The lowest BCUT2D eigenvalue weighted by Crippen LogP contribution is -2.14. The third kappa shape index (κ3) is 2.78. The lowest BCUT2D eigenvalue weighted by Gasteiger charge is -2.09. The van der Waals surface area contributed by atoms with Crippen molar-refractivity contribution in [3.8, 4) is 6.07 Å². The van der Waals surface area contributed by atoms with Gasteiger partial charge in [-0.25, -0.2) is 12.8 Å². The Morgan fingerprint density at radius 2 is 1.90 bits per heavy atom. The summed E-state index contributed by atoms with van der Waals surface area (Å²) < 4.78 is 39.9. The van der Waals surface area contributed by atoms with Crippen LogP contribution in [-0.2, 0) is 10.0 Å². The highest BCUT2D eigenvalue weighted by Gasteiger charge is 2.16. The molecule has 0 atom stereocenters. The Morgan fingerprint density at radius 1 is 1.20 bits per heavy atom. The van der Waals surface area contributed by atoms with E-state index in [0.717, 1.165) is 0 Å². The summed E-state index contributed by atoms with van der Waals surface area (Å²) >= 11 is 0. The molecule has 20 heavy (non-hydrogen) atoms. The standard InChI is InChI=1S/C14H11FN2O2S/c1-10-8-12(7-6-11(10)9-16)20(18,19)17-14-5-3-2-4-13(14)15/h2-8,17H,1H3. The summed E-state index contributed by atoms with van der Waals surface area (Å²) in [6.45, 7) is 1.64. The molecule has 2 aromatic rings. The lowest BCUT2D eigenvalue weighted by atomic mass is 10.1. The first-order valence-corrected chi connectivity index (χ1v) is 7.20. The molecule has 0 fully saturated rings. The summed E-state index contributed by atoms with van der Waals surface area (Å²) in [7, 11) is -3.88. The minimum atomic E-state index is -3.88. The van der Waals surface area contributed by atoms with Gasteiger partial charge in [0.15, 0.2) is 0 Å². The molecule has 0 saturated carbocycles. The zero-order valence-electron chi connectivity index (χ0n) is 10.6. The van der Waals surface area contributed by atoms with E-state index in [1.807, 2.05) is 6.07 Å². The highest BCUT2D eigenvalue weighted by atomic mass is 32.2. The van der Waals surface area contributed by atoms with Gasteiger partial charge in [-0.05, 0) is 42.8 Å². The third-order valence-corrected chi connectivity index (χ3v) is 4.11. The molecule has 0 heterocycles. The first kappa shape index (κ1) is 14.0. The van der Waals surface area contributed by atoms with Crippen molar-refractivity contribution in [2.24, 2.45) is 0 Å². The molecule has 0 amide bonds. The summed E-state index contributed by atoms with van der Waals surface area (Å²) in [4.78, 5) is -0.0164. The highest BCUT2D eigenvalue weighted by molar-refractivity contribution is 7.92. The largest absolute Gasteiger partial charge is 0.277 e. The van der Waals surface area contributed by atoms with Crippen LogP contribution in [-0.4, -0.2) is 8.42 Å². The fraction of sp³-hybridized carbons (Fsp3) is 0.0714. The smallest absolute Gasteiger partial charge is 0.261 e. The first-order valence-electron chi connectivity index (χ1n) is 5.72. The quantitative estimate of drug-likeness (QED) is 0.945. The average Bonchev–Trinajstić information content (AvgIpc) is 2.41. The molecular formula is C14H11FN2O2S. The van der Waals surface area contributed by atoms with Crippen LogP contribution in [0.25, 0.3) is 0 Å². The van der Waals surface area contributed by atoms with Crippen LogP contribution in [0.2, 0.25) is 0 Å². The van der Waals surface area contributed by atoms with E-state index >= 15 is 0 Å². The zero-order chi connectivity index (χ0) is 14.8. The van der Waals surface area contributed by atoms with E-state index in [4.69, 9.17) is 5.26 Å². The van der Waals surface area contributed by atoms with E-state index in [1.54, 1.807) is 6.92 Å². The molecule has 0 bridgehead atoms.